The fourth-order valence-electron chi connectivity index (χ4n) is 7.81. The molecule has 5 rings (SSSR count). The number of likely N-dealkylation sites (N-methyl/N-ethyl adjacent to an activating group) is 1. The summed E-state index contributed by atoms with van der Waals surface area (Å²) in [4.78, 5) is 58.5. The smallest absolute Gasteiger partial charge is 0.255 e. The van der Waals surface area contributed by atoms with Crippen molar-refractivity contribution in [3.05, 3.63) is 34.1 Å². The van der Waals surface area contributed by atoms with Crippen LogP contribution in [0.25, 0.3) is 5.76 Å². The fourth-order valence-corrected chi connectivity index (χ4v) is 7.81. The maximum absolute atomic E-state index is 14.2. The minimum atomic E-state index is -2.72. The zero-order valence-electron chi connectivity index (χ0n) is 27.4. The van der Waals surface area contributed by atoms with Crippen LogP contribution in [0.5, 0.6) is 5.75 Å². The van der Waals surface area contributed by atoms with Crippen LogP contribution in [0.15, 0.2) is 23.0 Å². The highest BCUT2D eigenvalue weighted by atomic mass is 35.5. The minimum absolute atomic E-state index is 0. The van der Waals surface area contributed by atoms with Crippen molar-refractivity contribution in [3.63, 3.8) is 0 Å². The Morgan fingerprint density at radius 2 is 1.77 bits per heavy atom. The predicted molar refractivity (Wildman–Crippen MR) is 181 cm³/mol. The number of benzene rings is 1. The van der Waals surface area contributed by atoms with Gasteiger partial charge in [0.15, 0.2) is 11.4 Å². The lowest BCUT2D eigenvalue weighted by molar-refractivity contribution is -0.153. The summed E-state index contributed by atoms with van der Waals surface area (Å²) in [7, 11) is 6.66. The maximum Gasteiger partial charge on any atom is 0.255 e. The number of phenolic OH excluding ortho intramolecular Hbond substituents is 1. The second kappa shape index (κ2) is 13.6. The van der Waals surface area contributed by atoms with Gasteiger partial charge in [-0.3, -0.25) is 29.0 Å². The first-order valence-electron chi connectivity index (χ1n) is 15.3. The Hall–Kier alpha value is -3.36. The van der Waals surface area contributed by atoms with E-state index in [2.05, 4.69) is 24.1 Å². The first kappa shape index (κ1) is 38.1. The molecule has 2 amide bonds. The topological polar surface area (TPSA) is 197 Å². The zero-order chi connectivity index (χ0) is 33.3. The number of aliphatic hydroxyl groups is 3. The molecule has 1 aromatic rings. The highest BCUT2D eigenvalue weighted by molar-refractivity contribution is 6.24. The van der Waals surface area contributed by atoms with E-state index in [4.69, 9.17) is 5.73 Å². The molecule has 1 aliphatic heterocycles. The molecule has 13 nitrogen and oxygen atoms in total. The number of carbonyl (C=O) groups excluding carboxylic acids is 4. The van der Waals surface area contributed by atoms with Crippen LogP contribution in [0.3, 0.4) is 0 Å². The summed E-state index contributed by atoms with van der Waals surface area (Å²) < 4.78 is 0. The normalized spacial score (nSPS) is 27.2. The van der Waals surface area contributed by atoms with E-state index in [1.54, 1.807) is 39.2 Å². The number of amides is 2. The second-order valence-corrected chi connectivity index (χ2v) is 13.5. The molecule has 5 atom stereocenters. The molecule has 4 aliphatic rings. The second-order valence-electron chi connectivity index (χ2n) is 13.5. The van der Waals surface area contributed by atoms with Gasteiger partial charge in [-0.1, -0.05) is 13.8 Å². The first-order chi connectivity index (χ1) is 21.0. The number of aliphatic hydroxyl groups excluding tert-OH is 2. The van der Waals surface area contributed by atoms with E-state index >= 15 is 0 Å². The van der Waals surface area contributed by atoms with Gasteiger partial charge in [-0.25, -0.2) is 0 Å². The molecule has 0 spiro atoms. The number of aromatic hydroxyl groups is 1. The average molecular weight is 699 g/mol. The van der Waals surface area contributed by atoms with Crippen LogP contribution in [0.1, 0.15) is 44.2 Å². The third kappa shape index (κ3) is 5.97. The monoisotopic (exact) mass is 697 g/mol. The van der Waals surface area contributed by atoms with E-state index < -0.39 is 63.8 Å². The van der Waals surface area contributed by atoms with Gasteiger partial charge in [0.05, 0.1) is 23.3 Å². The molecule has 1 saturated heterocycles. The van der Waals surface area contributed by atoms with Crippen LogP contribution in [0, 0.1) is 17.8 Å². The minimum Gasteiger partial charge on any atom is -0.508 e. The largest absolute Gasteiger partial charge is 0.508 e. The Morgan fingerprint density at radius 3 is 2.32 bits per heavy atom. The molecule has 0 radical (unpaired) electrons. The molecule has 1 heterocycles. The number of nitrogens with two attached hydrogens (primary N) is 1. The number of primary amides is 1. The third-order valence-electron chi connectivity index (χ3n) is 9.70. The van der Waals surface area contributed by atoms with Gasteiger partial charge < -0.3 is 36.4 Å². The summed E-state index contributed by atoms with van der Waals surface area (Å²) in [6.45, 7) is 5.69. The van der Waals surface area contributed by atoms with E-state index in [-0.39, 0.29) is 66.4 Å². The molecule has 0 bridgehead atoms. The molecular weight excluding hydrogens is 653 g/mol. The van der Waals surface area contributed by atoms with Crippen LogP contribution in [-0.2, 0) is 25.6 Å². The van der Waals surface area contributed by atoms with Crippen LogP contribution >= 0.6 is 24.8 Å². The molecule has 1 aromatic carbocycles. The Morgan fingerprint density at radius 1 is 1.13 bits per heavy atom. The lowest BCUT2D eigenvalue weighted by Gasteiger charge is -2.50. The van der Waals surface area contributed by atoms with Gasteiger partial charge in [0.25, 0.3) is 5.91 Å². The van der Waals surface area contributed by atoms with Crippen molar-refractivity contribution in [3.8, 4) is 5.75 Å². The van der Waals surface area contributed by atoms with E-state index in [1.807, 2.05) is 0 Å². The van der Waals surface area contributed by atoms with Gasteiger partial charge in [0.1, 0.15) is 22.8 Å². The number of rotatable bonds is 7. The number of ketones is 2. The van der Waals surface area contributed by atoms with E-state index in [1.165, 1.54) is 4.90 Å². The predicted octanol–water partition coefficient (Wildman–Crippen LogP) is 1.93. The highest BCUT2D eigenvalue weighted by Crippen LogP contribution is 2.54. The first-order valence-corrected chi connectivity index (χ1v) is 15.3. The number of nitrogens with one attached hydrogen (secondary N) is 1. The number of likely N-dealkylation sites (tertiary alicyclic amines) is 1. The molecular formula is C32H45Cl2N5O8. The Balaban J connectivity index is 0.00000300. The lowest BCUT2D eigenvalue weighted by Crippen LogP contribution is -2.65. The summed E-state index contributed by atoms with van der Waals surface area (Å²) in [5, 5.41) is 49.0. The number of hydrogen-bond acceptors (Lipinski definition) is 11. The number of fused-ring (bicyclic) bond motifs is 3. The molecule has 2 fully saturated rings. The summed E-state index contributed by atoms with van der Waals surface area (Å²) in [6, 6.07) is 0.0848. The third-order valence-corrected chi connectivity index (χ3v) is 9.70. The molecule has 15 heteroatoms. The molecule has 3 aliphatic carbocycles. The van der Waals surface area contributed by atoms with Crippen molar-refractivity contribution in [2.45, 2.75) is 57.2 Å². The van der Waals surface area contributed by atoms with Crippen LogP contribution in [0.2, 0.25) is 0 Å². The van der Waals surface area contributed by atoms with Crippen LogP contribution in [-0.4, -0.2) is 113 Å². The Bertz CT molecular complexity index is 1560. The van der Waals surface area contributed by atoms with Gasteiger partial charge in [0, 0.05) is 37.8 Å². The summed E-state index contributed by atoms with van der Waals surface area (Å²) in [6.07, 6.45) is 1.67. The molecule has 0 aromatic heterocycles. The van der Waals surface area contributed by atoms with Gasteiger partial charge >= 0.3 is 0 Å². The summed E-state index contributed by atoms with van der Waals surface area (Å²) >= 11 is 0. The van der Waals surface area contributed by atoms with Gasteiger partial charge in [-0.15, -0.1) is 24.8 Å². The van der Waals surface area contributed by atoms with Gasteiger partial charge in [0.2, 0.25) is 11.7 Å². The average Bonchev–Trinajstić information content (AvgIpc) is 3.39. The molecule has 47 heavy (non-hydrogen) atoms. The van der Waals surface area contributed by atoms with Crippen molar-refractivity contribution >= 4 is 65.3 Å². The molecule has 1 saturated carbocycles. The van der Waals surface area contributed by atoms with Gasteiger partial charge in [-0.2, -0.15) is 0 Å². The van der Waals surface area contributed by atoms with Crippen LogP contribution < -0.4 is 16.0 Å². The van der Waals surface area contributed by atoms with Crippen LogP contribution in [0.4, 0.5) is 11.4 Å². The van der Waals surface area contributed by atoms with E-state index in [0.717, 1.165) is 19.5 Å². The molecule has 260 valence electrons. The number of phenols is 1. The Kier molecular flexibility index (Phi) is 11.0. The van der Waals surface area contributed by atoms with Crippen molar-refractivity contribution in [1.82, 2.24) is 9.80 Å². The van der Waals surface area contributed by atoms with Gasteiger partial charge in [-0.05, 0) is 69.8 Å². The Labute approximate surface area is 286 Å². The number of hydrogen-bond donors (Lipinski definition) is 6. The number of carbonyl (C=O) groups is 4. The quantitative estimate of drug-likeness (QED) is 0.180. The fraction of sp³-hybridized carbons (Fsp3) is 0.562. The molecule has 0 unspecified atom stereocenters. The number of anilines is 2. The summed E-state index contributed by atoms with van der Waals surface area (Å²) in [5.41, 5.74) is 2.66. The van der Waals surface area contributed by atoms with E-state index in [9.17, 15) is 39.6 Å². The van der Waals surface area contributed by atoms with E-state index in [0.29, 0.717) is 23.6 Å². The number of nitrogens with zero attached hydrogens (tertiary/aromatic N) is 3. The number of halogens is 2. The SMILES string of the molecule is CC(C)CN1CCC[C@H]1C(=O)Nc1cc(N(C)C)c2c(c1O)C(O)=C1C(=O)[C@@]3(O)C(O)=C(C(N)=O)C(=O)[C@H](N(C)C)[C@H]3C[C@H]1C2.Cl.Cl. The van der Waals surface area contributed by atoms with Crippen molar-refractivity contribution in [2.75, 3.05) is 51.5 Å². The van der Waals surface area contributed by atoms with Crippen molar-refractivity contribution in [1.29, 1.82) is 0 Å². The summed E-state index contributed by atoms with van der Waals surface area (Å²) in [5.74, 6) is -7.16. The standard InChI is InChI=1S/C32H43N5O8.2ClH/c1-14(2)13-37-9-7-8-19(37)31(44)34-18-12-20(35(3)4)16-10-15-11-17-24(36(5)6)27(40)23(30(33)43)29(42)32(17,45)28(41)21(15)26(39)22(16)25(18)38;;/h12,14-15,17,19,24,38-39,42,45H,7-11,13H2,1-6H3,(H2,33,43)(H,34,44);2*1H/t15-,17-,19+,24-,32-;;/m1../s1. The highest BCUT2D eigenvalue weighted by Gasteiger charge is 2.64. The van der Waals surface area contributed by atoms with Crippen molar-refractivity contribution < 1.29 is 39.6 Å². The van der Waals surface area contributed by atoms with Crippen molar-refractivity contribution in [2.24, 2.45) is 23.5 Å². The lowest BCUT2D eigenvalue weighted by atomic mass is 9.57. The maximum atomic E-state index is 14.2. The number of Topliss-reactive ketones (excluding diaryl/α,β-unsaturated/α-hetero) is 2. The molecule has 7 N–H and O–H groups in total. The zero-order valence-corrected chi connectivity index (χ0v) is 29.0.